The summed E-state index contributed by atoms with van der Waals surface area (Å²) >= 11 is 0. The van der Waals surface area contributed by atoms with Crippen LogP contribution in [0.5, 0.6) is 0 Å². The predicted molar refractivity (Wildman–Crippen MR) is 73.6 cm³/mol. The van der Waals surface area contributed by atoms with Crippen molar-refractivity contribution in [1.82, 2.24) is 4.90 Å². The van der Waals surface area contributed by atoms with E-state index < -0.39 is 0 Å². The summed E-state index contributed by atoms with van der Waals surface area (Å²) in [5.74, 6) is 0.694. The molecule has 0 bridgehead atoms. The summed E-state index contributed by atoms with van der Waals surface area (Å²) in [6.07, 6.45) is 4.11. The zero-order chi connectivity index (χ0) is 13.2. The van der Waals surface area contributed by atoms with Crippen molar-refractivity contribution in [3.8, 4) is 0 Å². The monoisotopic (exact) mass is 255 g/mol. The molecule has 1 N–H and O–H groups in total. The number of nitrogens with zero attached hydrogens (tertiary/aromatic N) is 1. The van der Waals surface area contributed by atoms with Crippen LogP contribution in [0.1, 0.15) is 46.5 Å². The van der Waals surface area contributed by atoms with Crippen LogP contribution in [-0.4, -0.2) is 48.5 Å². The van der Waals surface area contributed by atoms with E-state index in [9.17, 15) is 5.11 Å². The van der Waals surface area contributed by atoms with E-state index in [1.165, 1.54) is 0 Å². The molecule has 1 aliphatic heterocycles. The Bertz CT molecular complexity index is 254. The summed E-state index contributed by atoms with van der Waals surface area (Å²) in [7, 11) is 0. The fraction of sp³-hybridized carbons (Fsp3) is 1.00. The molecule has 2 rings (SSSR count). The van der Waals surface area contributed by atoms with Gasteiger partial charge in [-0.15, -0.1) is 0 Å². The van der Waals surface area contributed by atoms with E-state index in [4.69, 9.17) is 4.74 Å². The van der Waals surface area contributed by atoms with Crippen LogP contribution in [0.4, 0.5) is 0 Å². The number of ether oxygens (including phenoxy) is 1. The Labute approximate surface area is 112 Å². The van der Waals surface area contributed by atoms with Crippen molar-refractivity contribution in [2.45, 2.75) is 58.6 Å². The van der Waals surface area contributed by atoms with Gasteiger partial charge in [0.25, 0.3) is 0 Å². The molecule has 0 radical (unpaired) electrons. The molecule has 1 heterocycles. The molecule has 1 saturated heterocycles. The molecule has 106 valence electrons. The first kappa shape index (κ1) is 14.3. The Kier molecular flexibility index (Phi) is 4.68. The summed E-state index contributed by atoms with van der Waals surface area (Å²) < 4.78 is 5.56. The third kappa shape index (κ3) is 3.46. The number of rotatable bonds is 1. The van der Waals surface area contributed by atoms with Gasteiger partial charge in [0.1, 0.15) is 0 Å². The number of hydrogen-bond acceptors (Lipinski definition) is 3. The van der Waals surface area contributed by atoms with Gasteiger partial charge in [0, 0.05) is 25.7 Å². The van der Waals surface area contributed by atoms with Gasteiger partial charge in [0.15, 0.2) is 0 Å². The SMILES string of the molecule is CC(C)(C)C1CCC(O)CC1N1CCCOCC1. The molecule has 1 saturated carbocycles. The van der Waals surface area contributed by atoms with E-state index in [0.717, 1.165) is 52.0 Å². The normalized spacial score (nSPS) is 36.3. The van der Waals surface area contributed by atoms with E-state index in [0.29, 0.717) is 17.4 Å². The van der Waals surface area contributed by atoms with Crippen LogP contribution in [0.15, 0.2) is 0 Å². The third-order valence-corrected chi connectivity index (χ3v) is 4.63. The minimum Gasteiger partial charge on any atom is -0.393 e. The van der Waals surface area contributed by atoms with Crippen LogP contribution >= 0.6 is 0 Å². The molecule has 18 heavy (non-hydrogen) atoms. The van der Waals surface area contributed by atoms with Crippen molar-refractivity contribution in [3.63, 3.8) is 0 Å². The molecular weight excluding hydrogens is 226 g/mol. The minimum absolute atomic E-state index is 0.0993. The summed E-state index contributed by atoms with van der Waals surface area (Å²) in [6, 6.07) is 0.537. The van der Waals surface area contributed by atoms with E-state index in [-0.39, 0.29) is 6.10 Å². The highest BCUT2D eigenvalue weighted by Gasteiger charge is 2.39. The molecule has 2 fully saturated rings. The second-order valence-corrected chi connectivity index (χ2v) is 7.01. The largest absolute Gasteiger partial charge is 0.393 e. The van der Waals surface area contributed by atoms with Crippen molar-refractivity contribution in [2.24, 2.45) is 11.3 Å². The predicted octanol–water partition coefficient (Wildman–Crippen LogP) is 2.28. The second-order valence-electron chi connectivity index (χ2n) is 7.01. The van der Waals surface area contributed by atoms with Gasteiger partial charge >= 0.3 is 0 Å². The molecule has 0 aromatic carbocycles. The Morgan fingerprint density at radius 2 is 1.89 bits per heavy atom. The lowest BCUT2D eigenvalue weighted by atomic mass is 9.68. The van der Waals surface area contributed by atoms with Crippen LogP contribution in [0.2, 0.25) is 0 Å². The van der Waals surface area contributed by atoms with Gasteiger partial charge in [-0.25, -0.2) is 0 Å². The molecule has 0 aromatic rings. The van der Waals surface area contributed by atoms with Crippen molar-refractivity contribution in [2.75, 3.05) is 26.3 Å². The molecule has 1 aliphatic carbocycles. The first-order valence-electron chi connectivity index (χ1n) is 7.48. The maximum absolute atomic E-state index is 10.0. The second kappa shape index (κ2) is 5.89. The summed E-state index contributed by atoms with van der Waals surface area (Å²) in [6.45, 7) is 10.9. The van der Waals surface area contributed by atoms with Crippen LogP contribution in [0.3, 0.4) is 0 Å². The fourth-order valence-electron chi connectivity index (χ4n) is 3.64. The molecule has 3 heteroatoms. The van der Waals surface area contributed by atoms with Gasteiger partial charge in [0.2, 0.25) is 0 Å². The molecule has 0 amide bonds. The Morgan fingerprint density at radius 3 is 2.61 bits per heavy atom. The molecule has 2 aliphatic rings. The Hall–Kier alpha value is -0.120. The molecule has 3 unspecified atom stereocenters. The quantitative estimate of drug-likeness (QED) is 0.780. The molecule has 0 spiro atoms. The van der Waals surface area contributed by atoms with E-state index in [1.807, 2.05) is 0 Å². The number of aliphatic hydroxyl groups is 1. The van der Waals surface area contributed by atoms with Crippen molar-refractivity contribution >= 4 is 0 Å². The van der Waals surface area contributed by atoms with Crippen LogP contribution in [0, 0.1) is 11.3 Å². The van der Waals surface area contributed by atoms with Crippen molar-refractivity contribution in [1.29, 1.82) is 0 Å². The number of aliphatic hydroxyl groups excluding tert-OH is 1. The first-order valence-corrected chi connectivity index (χ1v) is 7.48. The molecule has 3 atom stereocenters. The lowest BCUT2D eigenvalue weighted by molar-refractivity contribution is -0.0121. The highest BCUT2D eigenvalue weighted by atomic mass is 16.5. The highest BCUT2D eigenvalue weighted by Crippen LogP contribution is 2.40. The smallest absolute Gasteiger partial charge is 0.0593 e. The van der Waals surface area contributed by atoms with Gasteiger partial charge < -0.3 is 9.84 Å². The number of hydrogen-bond donors (Lipinski definition) is 1. The molecule has 3 nitrogen and oxygen atoms in total. The first-order chi connectivity index (χ1) is 8.48. The average molecular weight is 255 g/mol. The van der Waals surface area contributed by atoms with Crippen LogP contribution in [-0.2, 0) is 4.74 Å². The van der Waals surface area contributed by atoms with Gasteiger partial charge in [0.05, 0.1) is 12.7 Å². The maximum Gasteiger partial charge on any atom is 0.0593 e. The summed E-state index contributed by atoms with van der Waals surface area (Å²) in [5.41, 5.74) is 0.331. The highest BCUT2D eigenvalue weighted by molar-refractivity contribution is 4.92. The van der Waals surface area contributed by atoms with E-state index >= 15 is 0 Å². The Morgan fingerprint density at radius 1 is 1.11 bits per heavy atom. The lowest BCUT2D eigenvalue weighted by Gasteiger charge is -2.46. The van der Waals surface area contributed by atoms with Crippen LogP contribution in [0.25, 0.3) is 0 Å². The average Bonchev–Trinajstić information content (AvgIpc) is 2.55. The zero-order valence-corrected chi connectivity index (χ0v) is 12.2. The Balaban J connectivity index is 2.08. The molecule has 0 aromatic heterocycles. The van der Waals surface area contributed by atoms with E-state index in [2.05, 4.69) is 25.7 Å². The third-order valence-electron chi connectivity index (χ3n) is 4.63. The summed E-state index contributed by atoms with van der Waals surface area (Å²) in [4.78, 5) is 2.57. The van der Waals surface area contributed by atoms with Gasteiger partial charge in [-0.3, -0.25) is 4.90 Å². The minimum atomic E-state index is -0.0993. The van der Waals surface area contributed by atoms with Gasteiger partial charge in [-0.2, -0.15) is 0 Å². The van der Waals surface area contributed by atoms with Crippen molar-refractivity contribution in [3.05, 3.63) is 0 Å². The standard InChI is InChI=1S/C15H29NO2/c1-15(2,3)13-6-5-12(17)11-14(13)16-7-4-9-18-10-8-16/h12-14,17H,4-11H2,1-3H3. The fourth-order valence-corrected chi connectivity index (χ4v) is 3.64. The summed E-state index contributed by atoms with van der Waals surface area (Å²) in [5, 5.41) is 10.0. The van der Waals surface area contributed by atoms with Crippen molar-refractivity contribution < 1.29 is 9.84 Å². The maximum atomic E-state index is 10.0. The topological polar surface area (TPSA) is 32.7 Å². The lowest BCUT2D eigenvalue weighted by Crippen LogP contribution is -2.50. The zero-order valence-electron chi connectivity index (χ0n) is 12.2. The van der Waals surface area contributed by atoms with Gasteiger partial charge in [-0.05, 0) is 37.0 Å². The van der Waals surface area contributed by atoms with Crippen LogP contribution < -0.4 is 0 Å². The molecular formula is C15H29NO2. The van der Waals surface area contributed by atoms with Gasteiger partial charge in [-0.1, -0.05) is 20.8 Å². The van der Waals surface area contributed by atoms with E-state index in [1.54, 1.807) is 0 Å².